The van der Waals surface area contributed by atoms with Crippen molar-refractivity contribution in [3.8, 4) is 5.75 Å². The Kier molecular flexibility index (Phi) is 4.10. The molecular formula is C17H13IO3S. The molecule has 0 amide bonds. The Bertz CT molecular complexity index is 949. The van der Waals surface area contributed by atoms with Gasteiger partial charge in [-0.15, -0.1) is 0 Å². The predicted octanol–water partition coefficient (Wildman–Crippen LogP) is 4.52. The summed E-state index contributed by atoms with van der Waals surface area (Å²) in [6.07, 6.45) is 0. The highest BCUT2D eigenvalue weighted by molar-refractivity contribution is 14.1. The first kappa shape index (κ1) is 15.3. The standard InChI is InChI=1S/C17H13IO3S/c1-12-10-15(18)7-9-17(12)22(19,20)21-16-8-6-13-4-2-3-5-14(13)11-16/h2-11H,1H3. The molecule has 0 aliphatic rings. The molecule has 0 heterocycles. The third-order valence-electron chi connectivity index (χ3n) is 3.33. The number of halogens is 1. The lowest BCUT2D eigenvalue weighted by Crippen LogP contribution is -2.11. The van der Waals surface area contributed by atoms with Gasteiger partial charge in [0.15, 0.2) is 0 Å². The molecular weight excluding hydrogens is 411 g/mol. The normalized spacial score (nSPS) is 11.5. The smallest absolute Gasteiger partial charge is 0.339 e. The molecule has 0 aliphatic heterocycles. The molecule has 3 nitrogen and oxygen atoms in total. The first-order valence-electron chi connectivity index (χ1n) is 6.65. The summed E-state index contributed by atoms with van der Waals surface area (Å²) >= 11 is 2.15. The molecule has 112 valence electrons. The van der Waals surface area contributed by atoms with E-state index in [0.717, 1.165) is 14.3 Å². The first-order chi connectivity index (χ1) is 10.5. The maximum atomic E-state index is 12.4. The number of hydrogen-bond donors (Lipinski definition) is 0. The van der Waals surface area contributed by atoms with Crippen LogP contribution in [0, 0.1) is 10.5 Å². The van der Waals surface area contributed by atoms with Gasteiger partial charge < -0.3 is 4.18 Å². The van der Waals surface area contributed by atoms with Crippen molar-refractivity contribution in [2.45, 2.75) is 11.8 Å². The Morgan fingerprint density at radius 2 is 1.64 bits per heavy atom. The Hall–Kier alpha value is -1.60. The summed E-state index contributed by atoms with van der Waals surface area (Å²) in [4.78, 5) is 0.195. The van der Waals surface area contributed by atoms with Gasteiger partial charge in [0.25, 0.3) is 0 Å². The molecule has 0 N–H and O–H groups in total. The van der Waals surface area contributed by atoms with Gasteiger partial charge in [0.2, 0.25) is 0 Å². The van der Waals surface area contributed by atoms with Gasteiger partial charge in [-0.05, 0) is 76.2 Å². The quantitative estimate of drug-likeness (QED) is 0.459. The van der Waals surface area contributed by atoms with Crippen molar-refractivity contribution in [1.82, 2.24) is 0 Å². The molecule has 3 aromatic carbocycles. The zero-order valence-corrected chi connectivity index (χ0v) is 14.8. The zero-order valence-electron chi connectivity index (χ0n) is 11.8. The molecule has 0 saturated heterocycles. The maximum Gasteiger partial charge on any atom is 0.339 e. The van der Waals surface area contributed by atoms with Crippen molar-refractivity contribution in [1.29, 1.82) is 0 Å². The highest BCUT2D eigenvalue weighted by Crippen LogP contribution is 2.25. The number of rotatable bonds is 3. The summed E-state index contributed by atoms with van der Waals surface area (Å²) in [7, 11) is -3.83. The number of benzene rings is 3. The van der Waals surface area contributed by atoms with Crippen LogP contribution < -0.4 is 4.18 Å². The fourth-order valence-electron chi connectivity index (χ4n) is 2.28. The van der Waals surface area contributed by atoms with E-state index in [1.165, 1.54) is 0 Å². The molecule has 0 saturated carbocycles. The lowest BCUT2D eigenvalue weighted by Gasteiger charge is -2.10. The Balaban J connectivity index is 1.99. The average molecular weight is 424 g/mol. The minimum atomic E-state index is -3.83. The summed E-state index contributed by atoms with van der Waals surface area (Å²) in [5.41, 5.74) is 0.674. The minimum absolute atomic E-state index is 0.195. The van der Waals surface area contributed by atoms with Crippen molar-refractivity contribution in [3.63, 3.8) is 0 Å². The van der Waals surface area contributed by atoms with Gasteiger partial charge in [0.1, 0.15) is 10.6 Å². The minimum Gasteiger partial charge on any atom is -0.379 e. The van der Waals surface area contributed by atoms with Crippen LogP contribution in [-0.2, 0) is 10.1 Å². The molecule has 3 rings (SSSR count). The van der Waals surface area contributed by atoms with Crippen molar-refractivity contribution in [2.75, 3.05) is 0 Å². The number of hydrogen-bond acceptors (Lipinski definition) is 3. The highest BCUT2D eigenvalue weighted by atomic mass is 127. The van der Waals surface area contributed by atoms with Gasteiger partial charge in [0.05, 0.1) is 0 Å². The zero-order chi connectivity index (χ0) is 15.7. The first-order valence-corrected chi connectivity index (χ1v) is 9.14. The molecule has 0 aliphatic carbocycles. The summed E-state index contributed by atoms with van der Waals surface area (Å²) in [5.74, 6) is 0.316. The fraction of sp³-hybridized carbons (Fsp3) is 0.0588. The van der Waals surface area contributed by atoms with Crippen LogP contribution in [0.3, 0.4) is 0 Å². The van der Waals surface area contributed by atoms with E-state index >= 15 is 0 Å². The SMILES string of the molecule is Cc1cc(I)ccc1S(=O)(=O)Oc1ccc2ccccc2c1. The van der Waals surface area contributed by atoms with E-state index in [4.69, 9.17) is 4.18 Å². The maximum absolute atomic E-state index is 12.4. The van der Waals surface area contributed by atoms with Gasteiger partial charge in [-0.2, -0.15) is 8.42 Å². The van der Waals surface area contributed by atoms with Gasteiger partial charge >= 0.3 is 10.1 Å². The van der Waals surface area contributed by atoms with Crippen LogP contribution in [0.1, 0.15) is 5.56 Å². The van der Waals surface area contributed by atoms with Crippen LogP contribution in [0.4, 0.5) is 0 Å². The van der Waals surface area contributed by atoms with Crippen molar-refractivity contribution < 1.29 is 12.6 Å². The van der Waals surface area contributed by atoms with E-state index in [1.54, 1.807) is 31.2 Å². The molecule has 0 fully saturated rings. The summed E-state index contributed by atoms with van der Waals surface area (Å²) in [6, 6.07) is 18.1. The number of aryl methyl sites for hydroxylation is 1. The topological polar surface area (TPSA) is 43.4 Å². The monoisotopic (exact) mass is 424 g/mol. The Morgan fingerprint density at radius 1 is 0.909 bits per heavy atom. The van der Waals surface area contributed by atoms with E-state index in [0.29, 0.717) is 11.3 Å². The van der Waals surface area contributed by atoms with Crippen LogP contribution >= 0.6 is 22.6 Å². The van der Waals surface area contributed by atoms with Crippen molar-refractivity contribution in [3.05, 3.63) is 69.8 Å². The van der Waals surface area contributed by atoms with E-state index in [2.05, 4.69) is 22.6 Å². The Morgan fingerprint density at radius 3 is 2.36 bits per heavy atom. The average Bonchev–Trinajstić information content (AvgIpc) is 2.46. The summed E-state index contributed by atoms with van der Waals surface area (Å²) in [5, 5.41) is 1.98. The van der Waals surface area contributed by atoms with Crippen LogP contribution in [-0.4, -0.2) is 8.42 Å². The second-order valence-corrected chi connectivity index (χ2v) is 7.72. The van der Waals surface area contributed by atoms with E-state index in [-0.39, 0.29) is 4.90 Å². The van der Waals surface area contributed by atoms with Gasteiger partial charge in [-0.3, -0.25) is 0 Å². The van der Waals surface area contributed by atoms with Crippen LogP contribution in [0.5, 0.6) is 5.75 Å². The van der Waals surface area contributed by atoms with E-state index < -0.39 is 10.1 Å². The van der Waals surface area contributed by atoms with E-state index in [1.807, 2.05) is 36.4 Å². The van der Waals surface area contributed by atoms with E-state index in [9.17, 15) is 8.42 Å². The van der Waals surface area contributed by atoms with Gasteiger partial charge in [-0.1, -0.05) is 30.3 Å². The van der Waals surface area contributed by atoms with Crippen molar-refractivity contribution >= 4 is 43.5 Å². The molecule has 0 atom stereocenters. The van der Waals surface area contributed by atoms with Crippen LogP contribution in [0.2, 0.25) is 0 Å². The second-order valence-electron chi connectivity index (χ2n) is 4.96. The van der Waals surface area contributed by atoms with Gasteiger partial charge in [-0.25, -0.2) is 0 Å². The second kappa shape index (κ2) is 5.89. The van der Waals surface area contributed by atoms with Crippen LogP contribution in [0.25, 0.3) is 10.8 Å². The van der Waals surface area contributed by atoms with Crippen LogP contribution in [0.15, 0.2) is 65.6 Å². The molecule has 0 bridgehead atoms. The molecule has 0 unspecified atom stereocenters. The molecule has 22 heavy (non-hydrogen) atoms. The molecule has 0 radical (unpaired) electrons. The molecule has 0 spiro atoms. The summed E-state index contributed by atoms with van der Waals surface area (Å²) in [6.45, 7) is 1.76. The summed E-state index contributed by atoms with van der Waals surface area (Å²) < 4.78 is 31.2. The highest BCUT2D eigenvalue weighted by Gasteiger charge is 2.19. The predicted molar refractivity (Wildman–Crippen MR) is 95.7 cm³/mol. The lowest BCUT2D eigenvalue weighted by atomic mass is 10.1. The lowest BCUT2D eigenvalue weighted by molar-refractivity contribution is 0.486. The fourth-order valence-corrected chi connectivity index (χ4v) is 4.07. The van der Waals surface area contributed by atoms with Gasteiger partial charge in [0, 0.05) is 3.57 Å². The largest absolute Gasteiger partial charge is 0.379 e. The Labute approximate surface area is 143 Å². The molecule has 0 aromatic heterocycles. The molecule has 5 heteroatoms. The third-order valence-corrected chi connectivity index (χ3v) is 5.41. The molecule has 3 aromatic rings. The third kappa shape index (κ3) is 3.10. The van der Waals surface area contributed by atoms with Crippen molar-refractivity contribution in [2.24, 2.45) is 0 Å². The number of fused-ring (bicyclic) bond motifs is 1.